The SMILES string of the molecule is CNc1nc(C)c([N+](=O)[O-])c(NCC(C)(C)C(C)C)n1. The Hall–Kier alpha value is -1.92. The third-order valence-electron chi connectivity index (χ3n) is 3.74. The Bertz CT molecular complexity index is 500. The van der Waals surface area contributed by atoms with Gasteiger partial charge in [0.1, 0.15) is 5.69 Å². The number of aromatic nitrogens is 2. The van der Waals surface area contributed by atoms with Crippen molar-refractivity contribution in [2.75, 3.05) is 24.2 Å². The van der Waals surface area contributed by atoms with Crippen molar-refractivity contribution < 1.29 is 4.92 Å². The van der Waals surface area contributed by atoms with Gasteiger partial charge in [-0.25, -0.2) is 4.98 Å². The predicted octanol–water partition coefficient (Wildman–Crippen LogP) is 2.83. The second kappa shape index (κ2) is 6.02. The molecule has 0 saturated carbocycles. The van der Waals surface area contributed by atoms with E-state index in [-0.39, 0.29) is 16.9 Å². The summed E-state index contributed by atoms with van der Waals surface area (Å²) in [4.78, 5) is 18.9. The van der Waals surface area contributed by atoms with Crippen LogP contribution in [0, 0.1) is 28.4 Å². The van der Waals surface area contributed by atoms with E-state index in [1.54, 1.807) is 14.0 Å². The average molecular weight is 281 g/mol. The van der Waals surface area contributed by atoms with Crippen LogP contribution in [0.25, 0.3) is 0 Å². The maximum Gasteiger partial charge on any atom is 0.332 e. The molecule has 0 aliphatic carbocycles. The first-order chi connectivity index (χ1) is 9.19. The molecule has 0 amide bonds. The number of anilines is 2. The lowest BCUT2D eigenvalue weighted by Crippen LogP contribution is -2.29. The first kappa shape index (κ1) is 16.1. The van der Waals surface area contributed by atoms with E-state index < -0.39 is 4.92 Å². The molecule has 1 rings (SSSR count). The van der Waals surface area contributed by atoms with E-state index in [0.29, 0.717) is 24.1 Å². The van der Waals surface area contributed by atoms with Gasteiger partial charge >= 0.3 is 5.69 Å². The summed E-state index contributed by atoms with van der Waals surface area (Å²) in [5.41, 5.74) is 0.287. The van der Waals surface area contributed by atoms with E-state index in [0.717, 1.165) is 0 Å². The van der Waals surface area contributed by atoms with Gasteiger partial charge in [0.15, 0.2) is 0 Å². The van der Waals surface area contributed by atoms with Crippen LogP contribution in [0.5, 0.6) is 0 Å². The highest BCUT2D eigenvalue weighted by atomic mass is 16.6. The van der Waals surface area contributed by atoms with Crippen LogP contribution in [-0.2, 0) is 0 Å². The zero-order valence-electron chi connectivity index (χ0n) is 12.9. The summed E-state index contributed by atoms with van der Waals surface area (Å²) in [6.45, 7) is 10.7. The number of nitrogens with zero attached hydrogens (tertiary/aromatic N) is 3. The molecule has 0 aliphatic rings. The minimum absolute atomic E-state index is 0.00648. The lowest BCUT2D eigenvalue weighted by atomic mass is 9.81. The monoisotopic (exact) mass is 281 g/mol. The van der Waals surface area contributed by atoms with Gasteiger partial charge in [0.25, 0.3) is 0 Å². The first-order valence-electron chi connectivity index (χ1n) is 6.63. The minimum atomic E-state index is -0.445. The smallest absolute Gasteiger partial charge is 0.332 e. The van der Waals surface area contributed by atoms with Gasteiger partial charge in [-0.15, -0.1) is 0 Å². The highest BCUT2D eigenvalue weighted by Crippen LogP contribution is 2.30. The van der Waals surface area contributed by atoms with Crippen LogP contribution in [-0.4, -0.2) is 28.5 Å². The molecule has 0 bridgehead atoms. The quantitative estimate of drug-likeness (QED) is 0.615. The van der Waals surface area contributed by atoms with Gasteiger partial charge in [-0.2, -0.15) is 4.98 Å². The Kier molecular flexibility index (Phi) is 4.86. The van der Waals surface area contributed by atoms with Crippen molar-refractivity contribution in [2.45, 2.75) is 34.6 Å². The van der Waals surface area contributed by atoms with Crippen LogP contribution in [0.1, 0.15) is 33.4 Å². The van der Waals surface area contributed by atoms with Crippen LogP contribution in [0.4, 0.5) is 17.5 Å². The normalized spacial score (nSPS) is 11.6. The second-order valence-electron chi connectivity index (χ2n) is 5.83. The van der Waals surface area contributed by atoms with Crippen LogP contribution in [0.2, 0.25) is 0 Å². The van der Waals surface area contributed by atoms with Crippen LogP contribution >= 0.6 is 0 Å². The molecule has 0 radical (unpaired) electrons. The van der Waals surface area contributed by atoms with Crippen LogP contribution in [0.3, 0.4) is 0 Å². The molecule has 0 atom stereocenters. The minimum Gasteiger partial charge on any atom is -0.364 e. The topological polar surface area (TPSA) is 93.0 Å². The fraction of sp³-hybridized carbons (Fsp3) is 0.692. The molecule has 1 aromatic rings. The number of hydrogen-bond donors (Lipinski definition) is 2. The number of nitro groups is 1. The molecule has 0 fully saturated rings. The van der Waals surface area contributed by atoms with Crippen LogP contribution in [0.15, 0.2) is 0 Å². The van der Waals surface area contributed by atoms with Crippen molar-refractivity contribution in [3.05, 3.63) is 15.8 Å². The summed E-state index contributed by atoms with van der Waals surface area (Å²) >= 11 is 0. The predicted molar refractivity (Wildman–Crippen MR) is 80.1 cm³/mol. The van der Waals surface area contributed by atoms with Crippen LogP contribution < -0.4 is 10.6 Å². The third kappa shape index (κ3) is 3.55. The highest BCUT2D eigenvalue weighted by molar-refractivity contribution is 5.60. The van der Waals surface area contributed by atoms with Gasteiger partial charge in [0, 0.05) is 13.6 Å². The van der Waals surface area contributed by atoms with E-state index in [1.165, 1.54) is 0 Å². The standard InChI is InChI=1S/C13H23N5O2/c1-8(2)13(4,5)7-15-11-10(18(19)20)9(3)16-12(14-6)17-11/h8H,7H2,1-6H3,(H2,14,15,16,17). The van der Waals surface area contributed by atoms with Crippen molar-refractivity contribution in [3.8, 4) is 0 Å². The van der Waals surface area contributed by atoms with Gasteiger partial charge in [0.2, 0.25) is 11.8 Å². The summed E-state index contributed by atoms with van der Waals surface area (Å²) in [6, 6.07) is 0. The molecule has 20 heavy (non-hydrogen) atoms. The summed E-state index contributed by atoms with van der Waals surface area (Å²) in [7, 11) is 1.68. The van der Waals surface area contributed by atoms with E-state index in [4.69, 9.17) is 0 Å². The molecule has 0 aromatic carbocycles. The van der Waals surface area contributed by atoms with Gasteiger partial charge < -0.3 is 10.6 Å². The van der Waals surface area contributed by atoms with E-state index in [1.807, 2.05) is 0 Å². The molecule has 1 heterocycles. The summed E-state index contributed by atoms with van der Waals surface area (Å²) < 4.78 is 0. The van der Waals surface area contributed by atoms with Gasteiger partial charge in [0.05, 0.1) is 4.92 Å². The summed E-state index contributed by atoms with van der Waals surface area (Å²) in [5.74, 6) is 1.08. The Morgan fingerprint density at radius 1 is 1.35 bits per heavy atom. The second-order valence-corrected chi connectivity index (χ2v) is 5.83. The average Bonchev–Trinajstić information content (AvgIpc) is 2.34. The fourth-order valence-corrected chi connectivity index (χ4v) is 1.54. The number of aryl methyl sites for hydroxylation is 1. The first-order valence-corrected chi connectivity index (χ1v) is 6.63. The maximum atomic E-state index is 11.2. The fourth-order valence-electron chi connectivity index (χ4n) is 1.54. The molecular formula is C13H23N5O2. The number of rotatable bonds is 6. The summed E-state index contributed by atoms with van der Waals surface area (Å²) in [5, 5.41) is 17.1. The van der Waals surface area contributed by atoms with E-state index in [9.17, 15) is 10.1 Å². The van der Waals surface area contributed by atoms with Crippen molar-refractivity contribution in [2.24, 2.45) is 11.3 Å². The molecule has 0 saturated heterocycles. The van der Waals surface area contributed by atoms with Gasteiger partial charge in [-0.1, -0.05) is 27.7 Å². The van der Waals surface area contributed by atoms with Crippen molar-refractivity contribution in [1.82, 2.24) is 9.97 Å². The van der Waals surface area contributed by atoms with Gasteiger partial charge in [-0.3, -0.25) is 10.1 Å². The van der Waals surface area contributed by atoms with Crippen molar-refractivity contribution in [3.63, 3.8) is 0 Å². The highest BCUT2D eigenvalue weighted by Gasteiger charge is 2.26. The lowest BCUT2D eigenvalue weighted by Gasteiger charge is -2.29. The lowest BCUT2D eigenvalue weighted by molar-refractivity contribution is -0.385. The molecule has 0 spiro atoms. The third-order valence-corrected chi connectivity index (χ3v) is 3.74. The maximum absolute atomic E-state index is 11.2. The molecular weight excluding hydrogens is 258 g/mol. The molecule has 1 aromatic heterocycles. The van der Waals surface area contributed by atoms with Crippen molar-refractivity contribution >= 4 is 17.5 Å². The molecule has 7 nitrogen and oxygen atoms in total. The number of hydrogen-bond acceptors (Lipinski definition) is 6. The number of nitrogens with one attached hydrogen (secondary N) is 2. The van der Waals surface area contributed by atoms with E-state index >= 15 is 0 Å². The van der Waals surface area contributed by atoms with Crippen molar-refractivity contribution in [1.29, 1.82) is 0 Å². The zero-order valence-corrected chi connectivity index (χ0v) is 12.9. The zero-order chi connectivity index (χ0) is 15.5. The molecule has 0 unspecified atom stereocenters. The molecule has 7 heteroatoms. The Balaban J connectivity index is 3.10. The van der Waals surface area contributed by atoms with Gasteiger partial charge in [-0.05, 0) is 18.3 Å². The Morgan fingerprint density at radius 3 is 2.40 bits per heavy atom. The largest absolute Gasteiger partial charge is 0.364 e. The Labute approximate surface area is 119 Å². The molecule has 0 aliphatic heterocycles. The molecule has 2 N–H and O–H groups in total. The molecule has 112 valence electrons. The Morgan fingerprint density at radius 2 is 1.95 bits per heavy atom. The summed E-state index contributed by atoms with van der Waals surface area (Å²) in [6.07, 6.45) is 0. The van der Waals surface area contributed by atoms with E-state index in [2.05, 4.69) is 48.3 Å².